The van der Waals surface area contributed by atoms with Crippen LogP contribution >= 0.6 is 32.9 Å². The third kappa shape index (κ3) is 5.21. The summed E-state index contributed by atoms with van der Waals surface area (Å²) in [7, 11) is 0. The average molecular weight is 287 g/mol. The molecule has 1 rings (SSSR count). The van der Waals surface area contributed by atoms with Gasteiger partial charge < -0.3 is 5.32 Å². The third-order valence-corrected chi connectivity index (χ3v) is 2.71. The molecule has 0 bridgehead atoms. The van der Waals surface area contributed by atoms with Gasteiger partial charge in [-0.3, -0.25) is 0 Å². The molecule has 3 heteroatoms. The molecule has 1 saturated heterocycles. The van der Waals surface area contributed by atoms with E-state index < -0.39 is 0 Å². The Morgan fingerprint density at radius 1 is 1.45 bits per heavy atom. The molecular weight excluding hydrogens is 270 g/mol. The van der Waals surface area contributed by atoms with E-state index in [9.17, 15) is 0 Å². The van der Waals surface area contributed by atoms with Crippen molar-refractivity contribution in [1.29, 1.82) is 0 Å². The summed E-state index contributed by atoms with van der Waals surface area (Å²) >= 11 is 3.46. The highest BCUT2D eigenvalue weighted by Gasteiger charge is 2.11. The lowest BCUT2D eigenvalue weighted by molar-refractivity contribution is 0.356. The molecule has 1 N–H and O–H groups in total. The fraction of sp³-hybridized carbons (Fsp3) is 1.00. The van der Waals surface area contributed by atoms with Crippen molar-refractivity contribution in [3.05, 3.63) is 0 Å². The molecule has 1 heterocycles. The molecule has 0 aromatic carbocycles. The number of halogens is 2. The normalized spacial score (nSPS) is 24.3. The Balaban J connectivity index is 0.000001000. The first-order chi connectivity index (χ1) is 4.93. The topological polar surface area (TPSA) is 12.0 Å². The number of alkyl halides is 1. The lowest BCUT2D eigenvalue weighted by atomic mass is 9.95. The fourth-order valence-electron chi connectivity index (χ4n) is 1.54. The SMILES string of the molecule is Br.BrCCCC1CCCNC1. The van der Waals surface area contributed by atoms with Crippen molar-refractivity contribution in [2.75, 3.05) is 18.4 Å². The molecule has 0 aromatic heterocycles. The third-order valence-electron chi connectivity index (χ3n) is 2.14. The minimum atomic E-state index is 0. The monoisotopic (exact) mass is 285 g/mol. The quantitative estimate of drug-likeness (QED) is 0.787. The Morgan fingerprint density at radius 3 is 2.82 bits per heavy atom. The molecule has 0 amide bonds. The summed E-state index contributed by atoms with van der Waals surface area (Å²) in [6.45, 7) is 2.50. The van der Waals surface area contributed by atoms with Crippen molar-refractivity contribution >= 4 is 32.9 Å². The zero-order valence-electron chi connectivity index (χ0n) is 6.81. The van der Waals surface area contributed by atoms with Crippen LogP contribution in [0.15, 0.2) is 0 Å². The highest BCUT2D eigenvalue weighted by molar-refractivity contribution is 9.09. The standard InChI is InChI=1S/C8H16BrN.BrH/c9-5-1-3-8-4-2-6-10-7-8;/h8,10H,1-7H2;1H. The lowest BCUT2D eigenvalue weighted by Crippen LogP contribution is -2.29. The number of rotatable bonds is 3. The van der Waals surface area contributed by atoms with E-state index in [0.717, 1.165) is 5.92 Å². The molecule has 0 aliphatic carbocycles. The van der Waals surface area contributed by atoms with Crippen molar-refractivity contribution < 1.29 is 0 Å². The first-order valence-corrected chi connectivity index (χ1v) is 5.32. The summed E-state index contributed by atoms with van der Waals surface area (Å²) in [6, 6.07) is 0. The maximum Gasteiger partial charge on any atom is 0.00314 e. The summed E-state index contributed by atoms with van der Waals surface area (Å²) in [5, 5.41) is 4.60. The van der Waals surface area contributed by atoms with Crippen LogP contribution in [0.4, 0.5) is 0 Å². The maximum atomic E-state index is 3.46. The Labute approximate surface area is 88.2 Å². The Bertz CT molecular complexity index is 82.2. The molecule has 1 aliphatic heterocycles. The highest BCUT2D eigenvalue weighted by Crippen LogP contribution is 2.15. The van der Waals surface area contributed by atoms with Crippen molar-refractivity contribution in [2.24, 2.45) is 5.92 Å². The maximum absolute atomic E-state index is 3.46. The van der Waals surface area contributed by atoms with E-state index in [0.29, 0.717) is 0 Å². The van der Waals surface area contributed by atoms with Crippen LogP contribution in [0.25, 0.3) is 0 Å². The summed E-state index contributed by atoms with van der Waals surface area (Å²) < 4.78 is 0. The molecule has 1 aliphatic rings. The van der Waals surface area contributed by atoms with E-state index in [1.807, 2.05) is 0 Å². The van der Waals surface area contributed by atoms with Crippen molar-refractivity contribution in [1.82, 2.24) is 5.32 Å². The summed E-state index contributed by atoms with van der Waals surface area (Å²) in [6.07, 6.45) is 5.57. The molecule has 0 saturated carbocycles. The molecular formula is C8H17Br2N. The second kappa shape index (κ2) is 7.56. The molecule has 1 atom stereocenters. The van der Waals surface area contributed by atoms with Crippen molar-refractivity contribution in [3.63, 3.8) is 0 Å². The van der Waals surface area contributed by atoms with E-state index in [-0.39, 0.29) is 17.0 Å². The number of piperidine rings is 1. The number of hydrogen-bond acceptors (Lipinski definition) is 1. The van der Waals surface area contributed by atoms with Crippen LogP contribution in [0.3, 0.4) is 0 Å². The largest absolute Gasteiger partial charge is 0.316 e. The lowest BCUT2D eigenvalue weighted by Gasteiger charge is -2.21. The Morgan fingerprint density at radius 2 is 2.27 bits per heavy atom. The van der Waals surface area contributed by atoms with E-state index >= 15 is 0 Å². The van der Waals surface area contributed by atoms with Gasteiger partial charge in [0.15, 0.2) is 0 Å². The van der Waals surface area contributed by atoms with Gasteiger partial charge in [-0.25, -0.2) is 0 Å². The van der Waals surface area contributed by atoms with E-state index in [1.165, 1.54) is 44.1 Å². The zero-order valence-corrected chi connectivity index (χ0v) is 10.1. The predicted octanol–water partition coefficient (Wildman–Crippen LogP) is 2.74. The van der Waals surface area contributed by atoms with Gasteiger partial charge in [-0.05, 0) is 44.7 Å². The molecule has 0 radical (unpaired) electrons. The van der Waals surface area contributed by atoms with Crippen LogP contribution in [-0.2, 0) is 0 Å². The summed E-state index contributed by atoms with van der Waals surface area (Å²) in [5.41, 5.74) is 0. The second-order valence-corrected chi connectivity index (χ2v) is 3.84. The van der Waals surface area contributed by atoms with Crippen LogP contribution in [-0.4, -0.2) is 18.4 Å². The van der Waals surface area contributed by atoms with Gasteiger partial charge in [-0.15, -0.1) is 17.0 Å². The van der Waals surface area contributed by atoms with Gasteiger partial charge in [0, 0.05) is 5.33 Å². The molecule has 1 fully saturated rings. The molecule has 1 unspecified atom stereocenters. The van der Waals surface area contributed by atoms with Crippen LogP contribution in [0.5, 0.6) is 0 Å². The van der Waals surface area contributed by atoms with Crippen LogP contribution in [0, 0.1) is 5.92 Å². The van der Waals surface area contributed by atoms with E-state index in [1.54, 1.807) is 0 Å². The summed E-state index contributed by atoms with van der Waals surface area (Å²) in [5.74, 6) is 0.964. The molecule has 11 heavy (non-hydrogen) atoms. The van der Waals surface area contributed by atoms with Gasteiger partial charge in [-0.2, -0.15) is 0 Å². The van der Waals surface area contributed by atoms with Crippen molar-refractivity contribution in [3.8, 4) is 0 Å². The van der Waals surface area contributed by atoms with Gasteiger partial charge in [0.2, 0.25) is 0 Å². The molecule has 68 valence electrons. The van der Waals surface area contributed by atoms with Gasteiger partial charge in [0.05, 0.1) is 0 Å². The minimum Gasteiger partial charge on any atom is -0.316 e. The number of nitrogens with one attached hydrogen (secondary N) is 1. The van der Waals surface area contributed by atoms with Gasteiger partial charge in [-0.1, -0.05) is 15.9 Å². The van der Waals surface area contributed by atoms with Crippen LogP contribution < -0.4 is 5.32 Å². The Hall–Kier alpha value is 0.920. The first-order valence-electron chi connectivity index (χ1n) is 4.20. The molecule has 0 aromatic rings. The van der Waals surface area contributed by atoms with Crippen LogP contribution in [0.1, 0.15) is 25.7 Å². The van der Waals surface area contributed by atoms with Gasteiger partial charge >= 0.3 is 0 Å². The van der Waals surface area contributed by atoms with E-state index in [4.69, 9.17) is 0 Å². The molecule has 1 nitrogen and oxygen atoms in total. The zero-order chi connectivity index (χ0) is 7.23. The van der Waals surface area contributed by atoms with Crippen molar-refractivity contribution in [2.45, 2.75) is 25.7 Å². The Kier molecular flexibility index (Phi) is 8.20. The predicted molar refractivity (Wildman–Crippen MR) is 58.9 cm³/mol. The van der Waals surface area contributed by atoms with Gasteiger partial charge in [0.25, 0.3) is 0 Å². The smallest absolute Gasteiger partial charge is 0.00314 e. The molecule has 0 spiro atoms. The highest BCUT2D eigenvalue weighted by atomic mass is 79.9. The first kappa shape index (κ1) is 11.9. The minimum absolute atomic E-state index is 0. The van der Waals surface area contributed by atoms with Crippen LogP contribution in [0.2, 0.25) is 0 Å². The van der Waals surface area contributed by atoms with E-state index in [2.05, 4.69) is 21.2 Å². The van der Waals surface area contributed by atoms with Gasteiger partial charge in [0.1, 0.15) is 0 Å². The summed E-state index contributed by atoms with van der Waals surface area (Å²) in [4.78, 5) is 0. The average Bonchev–Trinajstić information content (AvgIpc) is 2.03. The fourth-order valence-corrected chi connectivity index (χ4v) is 1.86. The number of hydrogen-bond donors (Lipinski definition) is 1. The second-order valence-electron chi connectivity index (χ2n) is 3.04.